The zero-order chi connectivity index (χ0) is 8.32. The molecule has 0 aromatic rings. The summed E-state index contributed by atoms with van der Waals surface area (Å²) in [7, 11) is 0. The zero-order valence-electron chi connectivity index (χ0n) is 7.14. The highest BCUT2D eigenvalue weighted by molar-refractivity contribution is 5.03. The van der Waals surface area contributed by atoms with Crippen LogP contribution in [0.15, 0.2) is 12.7 Å². The van der Waals surface area contributed by atoms with Gasteiger partial charge in [0.15, 0.2) is 0 Å². The molecule has 2 atom stereocenters. The molecule has 2 N–H and O–H groups in total. The summed E-state index contributed by atoms with van der Waals surface area (Å²) in [5.41, 5.74) is -0.611. The van der Waals surface area contributed by atoms with E-state index < -0.39 is 5.60 Å². The Balaban J connectivity index is 2.64. The summed E-state index contributed by atoms with van der Waals surface area (Å²) in [6, 6.07) is 0. The SMILES string of the molecule is C=CC1(O)CCNCC1CC. The van der Waals surface area contributed by atoms with Crippen LogP contribution in [-0.2, 0) is 0 Å². The van der Waals surface area contributed by atoms with Crippen molar-refractivity contribution in [2.75, 3.05) is 13.1 Å². The fraction of sp³-hybridized carbons (Fsp3) is 0.778. The molecule has 1 aliphatic rings. The molecule has 1 saturated heterocycles. The molecule has 1 fully saturated rings. The van der Waals surface area contributed by atoms with Gasteiger partial charge in [-0.3, -0.25) is 0 Å². The van der Waals surface area contributed by atoms with Crippen molar-refractivity contribution in [3.05, 3.63) is 12.7 Å². The van der Waals surface area contributed by atoms with Crippen molar-refractivity contribution in [1.29, 1.82) is 0 Å². The number of nitrogens with one attached hydrogen (secondary N) is 1. The molecule has 1 aliphatic heterocycles. The molecule has 11 heavy (non-hydrogen) atoms. The summed E-state index contributed by atoms with van der Waals surface area (Å²) in [5.74, 6) is 0.341. The Labute approximate surface area is 68.3 Å². The molecule has 0 aromatic heterocycles. The summed E-state index contributed by atoms with van der Waals surface area (Å²) in [5, 5.41) is 13.2. The molecule has 2 unspecified atom stereocenters. The lowest BCUT2D eigenvalue weighted by atomic mass is 9.80. The van der Waals surface area contributed by atoms with Crippen LogP contribution in [0, 0.1) is 5.92 Å². The summed E-state index contributed by atoms with van der Waals surface area (Å²) < 4.78 is 0. The van der Waals surface area contributed by atoms with E-state index in [2.05, 4.69) is 18.8 Å². The van der Waals surface area contributed by atoms with Crippen LogP contribution in [0.1, 0.15) is 19.8 Å². The van der Waals surface area contributed by atoms with Crippen LogP contribution < -0.4 is 5.32 Å². The average Bonchev–Trinajstić information content (AvgIpc) is 2.05. The third-order valence-corrected chi connectivity index (χ3v) is 2.65. The first-order chi connectivity index (χ1) is 5.23. The Bertz CT molecular complexity index is 146. The first kappa shape index (κ1) is 8.75. The summed E-state index contributed by atoms with van der Waals surface area (Å²) in [6.07, 6.45) is 3.51. The first-order valence-electron chi connectivity index (χ1n) is 4.29. The minimum absolute atomic E-state index is 0.341. The van der Waals surface area contributed by atoms with E-state index in [-0.39, 0.29) is 0 Å². The van der Waals surface area contributed by atoms with E-state index in [1.807, 2.05) is 0 Å². The van der Waals surface area contributed by atoms with Gasteiger partial charge in [0.1, 0.15) is 0 Å². The molecule has 0 aliphatic carbocycles. The number of hydrogen-bond acceptors (Lipinski definition) is 2. The highest BCUT2D eigenvalue weighted by atomic mass is 16.3. The Morgan fingerprint density at radius 1 is 1.82 bits per heavy atom. The van der Waals surface area contributed by atoms with Crippen molar-refractivity contribution in [3.63, 3.8) is 0 Å². The van der Waals surface area contributed by atoms with E-state index in [4.69, 9.17) is 0 Å². The van der Waals surface area contributed by atoms with Crippen LogP contribution >= 0.6 is 0 Å². The topological polar surface area (TPSA) is 32.3 Å². The molecule has 0 aromatic carbocycles. The molecular formula is C9H17NO. The average molecular weight is 155 g/mol. The van der Waals surface area contributed by atoms with Crippen molar-refractivity contribution in [1.82, 2.24) is 5.32 Å². The normalized spacial score (nSPS) is 38.5. The van der Waals surface area contributed by atoms with Gasteiger partial charge >= 0.3 is 0 Å². The van der Waals surface area contributed by atoms with Crippen LogP contribution in [-0.4, -0.2) is 23.8 Å². The minimum Gasteiger partial charge on any atom is -0.385 e. The van der Waals surface area contributed by atoms with Crippen molar-refractivity contribution in [3.8, 4) is 0 Å². The van der Waals surface area contributed by atoms with Crippen molar-refractivity contribution in [2.45, 2.75) is 25.4 Å². The lowest BCUT2D eigenvalue weighted by Gasteiger charge is -2.37. The second kappa shape index (κ2) is 3.37. The van der Waals surface area contributed by atoms with Crippen molar-refractivity contribution < 1.29 is 5.11 Å². The van der Waals surface area contributed by atoms with E-state index in [0.29, 0.717) is 5.92 Å². The van der Waals surface area contributed by atoms with Gasteiger partial charge in [0.05, 0.1) is 5.60 Å². The molecule has 0 saturated carbocycles. The van der Waals surface area contributed by atoms with E-state index in [1.165, 1.54) is 0 Å². The molecule has 1 heterocycles. The third-order valence-electron chi connectivity index (χ3n) is 2.65. The fourth-order valence-electron chi connectivity index (χ4n) is 1.71. The zero-order valence-corrected chi connectivity index (χ0v) is 7.14. The standard InChI is InChI=1S/C9H17NO/c1-3-8-7-10-6-5-9(8,11)4-2/h4,8,10-11H,2-3,5-7H2,1H3. The van der Waals surface area contributed by atoms with E-state index in [9.17, 15) is 5.11 Å². The Hall–Kier alpha value is -0.340. The number of aliphatic hydroxyl groups is 1. The highest BCUT2D eigenvalue weighted by Crippen LogP contribution is 2.27. The maximum absolute atomic E-state index is 9.98. The van der Waals surface area contributed by atoms with Gasteiger partial charge in [-0.1, -0.05) is 13.0 Å². The predicted octanol–water partition coefficient (Wildman–Crippen LogP) is 0.923. The molecule has 64 valence electrons. The van der Waals surface area contributed by atoms with Gasteiger partial charge in [-0.15, -0.1) is 6.58 Å². The van der Waals surface area contributed by atoms with Gasteiger partial charge in [0.2, 0.25) is 0 Å². The monoisotopic (exact) mass is 155 g/mol. The van der Waals surface area contributed by atoms with E-state index >= 15 is 0 Å². The fourth-order valence-corrected chi connectivity index (χ4v) is 1.71. The lowest BCUT2D eigenvalue weighted by molar-refractivity contribution is 0.00245. The number of hydrogen-bond donors (Lipinski definition) is 2. The Morgan fingerprint density at radius 3 is 3.00 bits per heavy atom. The van der Waals surface area contributed by atoms with Crippen LogP contribution in [0.4, 0.5) is 0 Å². The van der Waals surface area contributed by atoms with Crippen molar-refractivity contribution in [2.24, 2.45) is 5.92 Å². The smallest absolute Gasteiger partial charge is 0.0877 e. The highest BCUT2D eigenvalue weighted by Gasteiger charge is 2.34. The minimum atomic E-state index is -0.611. The quantitative estimate of drug-likeness (QED) is 0.581. The third kappa shape index (κ3) is 1.63. The van der Waals surface area contributed by atoms with Gasteiger partial charge in [0.25, 0.3) is 0 Å². The Kier molecular flexibility index (Phi) is 2.68. The molecule has 1 rings (SSSR count). The largest absolute Gasteiger partial charge is 0.385 e. The summed E-state index contributed by atoms with van der Waals surface area (Å²) in [4.78, 5) is 0. The number of rotatable bonds is 2. The van der Waals surface area contributed by atoms with Gasteiger partial charge in [-0.05, 0) is 19.4 Å². The van der Waals surface area contributed by atoms with Gasteiger partial charge < -0.3 is 10.4 Å². The molecule has 0 radical (unpaired) electrons. The van der Waals surface area contributed by atoms with Crippen LogP contribution in [0.2, 0.25) is 0 Å². The molecule has 0 spiro atoms. The maximum Gasteiger partial charge on any atom is 0.0877 e. The van der Waals surface area contributed by atoms with E-state index in [1.54, 1.807) is 6.08 Å². The molecular weight excluding hydrogens is 138 g/mol. The second-order valence-corrected chi connectivity index (χ2v) is 3.25. The molecule has 2 heteroatoms. The number of piperidine rings is 1. The molecule has 2 nitrogen and oxygen atoms in total. The second-order valence-electron chi connectivity index (χ2n) is 3.25. The van der Waals surface area contributed by atoms with Gasteiger partial charge in [0, 0.05) is 12.5 Å². The first-order valence-corrected chi connectivity index (χ1v) is 4.29. The van der Waals surface area contributed by atoms with Crippen LogP contribution in [0.25, 0.3) is 0 Å². The van der Waals surface area contributed by atoms with E-state index in [0.717, 1.165) is 25.9 Å². The van der Waals surface area contributed by atoms with Crippen LogP contribution in [0.5, 0.6) is 0 Å². The van der Waals surface area contributed by atoms with Gasteiger partial charge in [-0.25, -0.2) is 0 Å². The predicted molar refractivity (Wildman–Crippen MR) is 46.4 cm³/mol. The lowest BCUT2D eigenvalue weighted by Crippen LogP contribution is -2.48. The molecule has 0 bridgehead atoms. The van der Waals surface area contributed by atoms with Gasteiger partial charge in [-0.2, -0.15) is 0 Å². The van der Waals surface area contributed by atoms with Crippen LogP contribution in [0.3, 0.4) is 0 Å². The summed E-state index contributed by atoms with van der Waals surface area (Å²) in [6.45, 7) is 7.60. The maximum atomic E-state index is 9.98. The van der Waals surface area contributed by atoms with Crippen molar-refractivity contribution >= 4 is 0 Å². The Morgan fingerprint density at radius 2 is 2.55 bits per heavy atom. The molecule has 0 amide bonds. The summed E-state index contributed by atoms with van der Waals surface area (Å²) >= 11 is 0.